The van der Waals surface area contributed by atoms with Gasteiger partial charge in [0.1, 0.15) is 17.2 Å². The van der Waals surface area contributed by atoms with Crippen molar-refractivity contribution in [1.29, 1.82) is 0 Å². The van der Waals surface area contributed by atoms with E-state index in [4.69, 9.17) is 10.9 Å². The molecule has 4 N–H and O–H groups in total. The van der Waals surface area contributed by atoms with Crippen molar-refractivity contribution in [2.45, 2.75) is 32.7 Å². The van der Waals surface area contributed by atoms with Crippen molar-refractivity contribution in [3.63, 3.8) is 0 Å². The highest BCUT2D eigenvalue weighted by molar-refractivity contribution is 5.98. The monoisotopic (exact) mass is 285 g/mol. The van der Waals surface area contributed by atoms with E-state index in [1.54, 1.807) is 0 Å². The molecule has 1 rings (SSSR count). The van der Waals surface area contributed by atoms with Crippen LogP contribution in [0.2, 0.25) is 0 Å². The molecule has 0 aliphatic heterocycles. The lowest BCUT2D eigenvalue weighted by molar-refractivity contribution is 0.0936. The Morgan fingerprint density at radius 3 is 2.70 bits per heavy atom. The van der Waals surface area contributed by atoms with Crippen LogP contribution in [0.1, 0.15) is 35.7 Å². The van der Waals surface area contributed by atoms with E-state index >= 15 is 0 Å². The molecule has 0 spiro atoms. The lowest BCUT2D eigenvalue weighted by atomic mass is 10.1. The first-order valence-electron chi connectivity index (χ1n) is 6.15. The number of benzene rings is 1. The molecule has 0 fully saturated rings. The van der Waals surface area contributed by atoms with Gasteiger partial charge in [0.2, 0.25) is 0 Å². The van der Waals surface area contributed by atoms with Gasteiger partial charge >= 0.3 is 0 Å². The van der Waals surface area contributed by atoms with Gasteiger partial charge in [-0.3, -0.25) is 4.79 Å². The Hall–Kier alpha value is -2.18. The van der Waals surface area contributed by atoms with E-state index in [1.807, 2.05) is 6.92 Å². The van der Waals surface area contributed by atoms with Crippen molar-refractivity contribution in [2.75, 3.05) is 0 Å². The van der Waals surface area contributed by atoms with Crippen molar-refractivity contribution < 1.29 is 18.8 Å². The number of hydrogen-bond donors (Lipinski definition) is 3. The van der Waals surface area contributed by atoms with Crippen LogP contribution < -0.4 is 11.1 Å². The molecule has 1 amide bonds. The Balaban J connectivity index is 3.04. The molecule has 0 radical (unpaired) electrons. The third-order valence-corrected chi connectivity index (χ3v) is 2.87. The molecule has 7 heteroatoms. The zero-order valence-electron chi connectivity index (χ0n) is 11.3. The Morgan fingerprint density at radius 2 is 2.15 bits per heavy atom. The van der Waals surface area contributed by atoms with E-state index < -0.39 is 29.1 Å². The SMILES string of the molecule is CCCC(NC(=O)c1c(F)ccc(C)c1F)/C(N)=N/O. The fraction of sp³-hybridized carbons (Fsp3) is 0.385. The van der Waals surface area contributed by atoms with E-state index in [0.717, 1.165) is 6.07 Å². The predicted molar refractivity (Wildman–Crippen MR) is 70.7 cm³/mol. The second kappa shape index (κ2) is 6.83. The van der Waals surface area contributed by atoms with E-state index in [1.165, 1.54) is 13.0 Å². The minimum Gasteiger partial charge on any atom is -0.409 e. The van der Waals surface area contributed by atoms with Crippen molar-refractivity contribution in [3.8, 4) is 0 Å². The first kappa shape index (κ1) is 15.9. The summed E-state index contributed by atoms with van der Waals surface area (Å²) in [5.41, 5.74) is 4.92. The number of nitrogens with one attached hydrogen (secondary N) is 1. The first-order valence-corrected chi connectivity index (χ1v) is 6.15. The number of hydrogen-bond acceptors (Lipinski definition) is 3. The Bertz CT molecular complexity index is 533. The van der Waals surface area contributed by atoms with Crippen LogP contribution in [0.5, 0.6) is 0 Å². The van der Waals surface area contributed by atoms with Crippen molar-refractivity contribution in [3.05, 3.63) is 34.9 Å². The van der Waals surface area contributed by atoms with Crippen LogP contribution in [0.3, 0.4) is 0 Å². The lowest BCUT2D eigenvalue weighted by Crippen LogP contribution is -2.45. The summed E-state index contributed by atoms with van der Waals surface area (Å²) in [4.78, 5) is 12.0. The summed E-state index contributed by atoms with van der Waals surface area (Å²) in [6, 6.07) is 1.48. The number of amides is 1. The zero-order chi connectivity index (χ0) is 15.3. The molecule has 20 heavy (non-hydrogen) atoms. The molecular weight excluding hydrogens is 268 g/mol. The van der Waals surface area contributed by atoms with Gasteiger partial charge in [-0.2, -0.15) is 0 Å². The summed E-state index contributed by atoms with van der Waals surface area (Å²) in [5.74, 6) is -3.03. The van der Waals surface area contributed by atoms with Gasteiger partial charge in [-0.1, -0.05) is 24.6 Å². The van der Waals surface area contributed by atoms with Crippen LogP contribution >= 0.6 is 0 Å². The van der Waals surface area contributed by atoms with E-state index in [-0.39, 0.29) is 11.4 Å². The fourth-order valence-electron chi connectivity index (χ4n) is 1.75. The number of rotatable bonds is 5. The molecule has 5 nitrogen and oxygen atoms in total. The van der Waals surface area contributed by atoms with Gasteiger partial charge in [-0.05, 0) is 25.0 Å². The Morgan fingerprint density at radius 1 is 1.50 bits per heavy atom. The quantitative estimate of drug-likeness (QED) is 0.334. The third-order valence-electron chi connectivity index (χ3n) is 2.87. The van der Waals surface area contributed by atoms with Gasteiger partial charge in [-0.15, -0.1) is 0 Å². The van der Waals surface area contributed by atoms with Gasteiger partial charge in [0.15, 0.2) is 5.84 Å². The van der Waals surface area contributed by atoms with Gasteiger partial charge in [-0.25, -0.2) is 8.78 Å². The van der Waals surface area contributed by atoms with Crippen molar-refractivity contribution in [1.82, 2.24) is 5.32 Å². The highest BCUT2D eigenvalue weighted by Gasteiger charge is 2.23. The number of nitrogens with zero attached hydrogens (tertiary/aromatic N) is 1. The smallest absolute Gasteiger partial charge is 0.257 e. The topological polar surface area (TPSA) is 87.7 Å². The average molecular weight is 285 g/mol. The zero-order valence-corrected chi connectivity index (χ0v) is 11.3. The molecule has 1 unspecified atom stereocenters. The fourth-order valence-corrected chi connectivity index (χ4v) is 1.75. The van der Waals surface area contributed by atoms with Crippen LogP contribution in [0.15, 0.2) is 17.3 Å². The number of halogens is 2. The summed E-state index contributed by atoms with van der Waals surface area (Å²) in [5, 5.41) is 13.8. The molecular formula is C13H17F2N3O2. The third kappa shape index (κ3) is 3.43. The number of oxime groups is 1. The Kier molecular flexibility index (Phi) is 5.42. The molecule has 0 aliphatic rings. The van der Waals surface area contributed by atoms with Crippen LogP contribution in [-0.2, 0) is 0 Å². The van der Waals surface area contributed by atoms with Crippen LogP contribution in [-0.4, -0.2) is 23.0 Å². The number of carbonyl (C=O) groups is 1. The molecule has 1 aromatic carbocycles. The molecule has 1 aromatic rings. The van der Waals surface area contributed by atoms with Gasteiger partial charge in [0, 0.05) is 0 Å². The number of nitrogens with two attached hydrogens (primary N) is 1. The minimum absolute atomic E-state index is 0.160. The van der Waals surface area contributed by atoms with Gasteiger partial charge < -0.3 is 16.3 Å². The van der Waals surface area contributed by atoms with Crippen LogP contribution in [0.4, 0.5) is 8.78 Å². The molecule has 1 atom stereocenters. The highest BCUT2D eigenvalue weighted by Crippen LogP contribution is 2.16. The van der Waals surface area contributed by atoms with Crippen LogP contribution in [0, 0.1) is 18.6 Å². The maximum atomic E-state index is 13.8. The van der Waals surface area contributed by atoms with Gasteiger partial charge in [0.25, 0.3) is 5.91 Å². The van der Waals surface area contributed by atoms with Crippen molar-refractivity contribution in [2.24, 2.45) is 10.9 Å². The highest BCUT2D eigenvalue weighted by atomic mass is 19.1. The normalized spacial score (nSPS) is 13.1. The molecule has 0 saturated carbocycles. The molecule has 110 valence electrons. The average Bonchev–Trinajstić information content (AvgIpc) is 2.42. The summed E-state index contributed by atoms with van der Waals surface area (Å²) in [7, 11) is 0. The second-order valence-corrected chi connectivity index (χ2v) is 4.39. The van der Waals surface area contributed by atoms with E-state index in [2.05, 4.69) is 10.5 Å². The predicted octanol–water partition coefficient (Wildman–Crippen LogP) is 1.92. The first-order chi connectivity index (χ1) is 9.42. The van der Waals surface area contributed by atoms with Gasteiger partial charge in [0.05, 0.1) is 6.04 Å². The van der Waals surface area contributed by atoms with E-state index in [9.17, 15) is 13.6 Å². The summed E-state index contributed by atoms with van der Waals surface area (Å²) in [6.45, 7) is 3.26. The van der Waals surface area contributed by atoms with E-state index in [0.29, 0.717) is 12.8 Å². The largest absolute Gasteiger partial charge is 0.409 e. The standard InChI is InChI=1S/C13H17F2N3O2/c1-3-4-9(12(16)18-20)17-13(19)10-8(14)6-5-7(2)11(10)15/h5-6,9,20H,3-4H2,1-2H3,(H2,16,18)(H,17,19). The molecule has 0 saturated heterocycles. The molecule has 0 bridgehead atoms. The molecule has 0 aromatic heterocycles. The summed E-state index contributed by atoms with van der Waals surface area (Å²) in [6.07, 6.45) is 1.02. The number of amidine groups is 1. The molecule has 0 aliphatic carbocycles. The lowest BCUT2D eigenvalue weighted by Gasteiger charge is -2.17. The number of carbonyl (C=O) groups excluding carboxylic acids is 1. The maximum Gasteiger partial charge on any atom is 0.257 e. The maximum absolute atomic E-state index is 13.8. The van der Waals surface area contributed by atoms with Crippen LogP contribution in [0.25, 0.3) is 0 Å². The second-order valence-electron chi connectivity index (χ2n) is 4.39. The molecule has 0 heterocycles. The Labute approximate surface area is 115 Å². The summed E-state index contributed by atoms with van der Waals surface area (Å²) < 4.78 is 27.4. The van der Waals surface area contributed by atoms with Crippen molar-refractivity contribution >= 4 is 11.7 Å². The summed E-state index contributed by atoms with van der Waals surface area (Å²) >= 11 is 0. The number of aryl methyl sites for hydroxylation is 1. The minimum atomic E-state index is -0.958.